The van der Waals surface area contributed by atoms with E-state index >= 15 is 0 Å². The van der Waals surface area contributed by atoms with Gasteiger partial charge in [-0.25, -0.2) is 0 Å². The Kier molecular flexibility index (Phi) is 2.45. The van der Waals surface area contributed by atoms with Gasteiger partial charge in [0.1, 0.15) is 0 Å². The van der Waals surface area contributed by atoms with E-state index in [0.717, 1.165) is 11.3 Å². The molecule has 16 heavy (non-hydrogen) atoms. The van der Waals surface area contributed by atoms with Crippen LogP contribution in [0.15, 0.2) is 46.0 Å². The summed E-state index contributed by atoms with van der Waals surface area (Å²) in [5.41, 5.74) is 13.3. The summed E-state index contributed by atoms with van der Waals surface area (Å²) in [5.74, 6) is 0. The summed E-state index contributed by atoms with van der Waals surface area (Å²) in [6.45, 7) is 10.7. The van der Waals surface area contributed by atoms with Crippen LogP contribution in [0.5, 0.6) is 0 Å². The molecule has 2 rings (SSSR count). The molecule has 2 heterocycles. The van der Waals surface area contributed by atoms with Crippen LogP contribution in [-0.4, -0.2) is 10.9 Å². The largest absolute Gasteiger partial charge is 0.398 e. The minimum Gasteiger partial charge on any atom is -0.398 e. The first kappa shape index (κ1) is 11.1. The predicted molar refractivity (Wildman–Crippen MR) is 68.4 cm³/mol. The molecule has 0 saturated carbocycles. The molecule has 0 amide bonds. The maximum absolute atomic E-state index is 6.17. The summed E-state index contributed by atoms with van der Waals surface area (Å²) < 4.78 is 0. The van der Waals surface area contributed by atoms with Gasteiger partial charge in [0.15, 0.2) is 0 Å². The maximum Gasteiger partial charge on any atom is 0.0497 e. The number of allylic oxidation sites excluding steroid dienone is 5. The van der Waals surface area contributed by atoms with Gasteiger partial charge in [-0.05, 0) is 57.4 Å². The maximum atomic E-state index is 6.17. The second-order valence-electron chi connectivity index (χ2n) is 4.82. The zero-order valence-electron chi connectivity index (χ0n) is 10.8. The lowest BCUT2D eigenvalue weighted by molar-refractivity contribution is 0.410. The van der Waals surface area contributed by atoms with Crippen LogP contribution in [0.2, 0.25) is 0 Å². The Balaban J connectivity index is 2.68. The minimum absolute atomic E-state index is 0.430. The van der Waals surface area contributed by atoms with E-state index in [1.807, 2.05) is 0 Å². The third-order valence-corrected chi connectivity index (χ3v) is 3.50. The average Bonchev–Trinajstić information content (AvgIpc) is 2.46. The zero-order chi connectivity index (χ0) is 12.0. The first-order valence-corrected chi connectivity index (χ1v) is 5.77. The van der Waals surface area contributed by atoms with E-state index in [2.05, 4.69) is 51.7 Å². The highest BCUT2D eigenvalue weighted by atomic mass is 15.2. The van der Waals surface area contributed by atoms with Crippen molar-refractivity contribution < 1.29 is 0 Å². The molecule has 0 saturated heterocycles. The number of rotatable bonds is 0. The van der Waals surface area contributed by atoms with Crippen LogP contribution in [0.3, 0.4) is 0 Å². The number of hydrogen-bond acceptors (Lipinski definition) is 2. The van der Waals surface area contributed by atoms with E-state index in [-0.39, 0.29) is 0 Å². The highest BCUT2D eigenvalue weighted by molar-refractivity contribution is 5.52. The Morgan fingerprint density at radius 3 is 2.44 bits per heavy atom. The van der Waals surface area contributed by atoms with Crippen LogP contribution >= 0.6 is 0 Å². The van der Waals surface area contributed by atoms with Gasteiger partial charge >= 0.3 is 0 Å². The van der Waals surface area contributed by atoms with Crippen molar-refractivity contribution in [3.63, 3.8) is 0 Å². The Bertz CT molecular complexity index is 461. The van der Waals surface area contributed by atoms with Gasteiger partial charge in [-0.2, -0.15) is 0 Å². The van der Waals surface area contributed by atoms with Gasteiger partial charge in [0.05, 0.1) is 0 Å². The molecule has 0 bridgehead atoms. The molecule has 0 aromatic heterocycles. The Labute approximate surface area is 97.8 Å². The van der Waals surface area contributed by atoms with Crippen molar-refractivity contribution in [3.05, 3.63) is 46.0 Å². The van der Waals surface area contributed by atoms with E-state index in [1.165, 1.54) is 22.5 Å². The molecule has 2 nitrogen and oxygen atoms in total. The first-order chi connectivity index (χ1) is 7.43. The number of nitrogens with zero attached hydrogens (tertiary/aromatic N) is 1. The van der Waals surface area contributed by atoms with Gasteiger partial charge in [0.25, 0.3) is 0 Å². The molecule has 0 radical (unpaired) electrons. The summed E-state index contributed by atoms with van der Waals surface area (Å²) in [6.07, 6.45) is 4.47. The molecule has 86 valence electrons. The van der Waals surface area contributed by atoms with Crippen molar-refractivity contribution in [2.75, 3.05) is 0 Å². The molecule has 1 atom stereocenters. The number of nitrogens with two attached hydrogens (primary N) is 1. The van der Waals surface area contributed by atoms with Crippen LogP contribution in [-0.2, 0) is 0 Å². The number of fused-ring (bicyclic) bond motifs is 1. The monoisotopic (exact) mass is 216 g/mol. The molecule has 2 aliphatic rings. The van der Waals surface area contributed by atoms with Crippen LogP contribution < -0.4 is 5.73 Å². The molecular weight excluding hydrogens is 196 g/mol. The molecule has 2 aliphatic heterocycles. The van der Waals surface area contributed by atoms with Gasteiger partial charge in [0.2, 0.25) is 0 Å². The normalized spacial score (nSPS) is 25.6. The number of hydrogen-bond donors (Lipinski definition) is 1. The van der Waals surface area contributed by atoms with Gasteiger partial charge in [-0.3, -0.25) is 0 Å². The average molecular weight is 216 g/mol. The second-order valence-corrected chi connectivity index (χ2v) is 4.82. The summed E-state index contributed by atoms with van der Waals surface area (Å²) in [5, 5.41) is 0. The van der Waals surface area contributed by atoms with Crippen molar-refractivity contribution >= 4 is 0 Å². The van der Waals surface area contributed by atoms with Gasteiger partial charge in [-0.1, -0.05) is 6.08 Å². The molecule has 1 unspecified atom stereocenters. The van der Waals surface area contributed by atoms with E-state index < -0.39 is 0 Å². The van der Waals surface area contributed by atoms with Crippen molar-refractivity contribution in [3.8, 4) is 0 Å². The van der Waals surface area contributed by atoms with Crippen LogP contribution in [0.4, 0.5) is 0 Å². The summed E-state index contributed by atoms with van der Waals surface area (Å²) >= 11 is 0. The van der Waals surface area contributed by atoms with E-state index in [0.29, 0.717) is 6.04 Å². The van der Waals surface area contributed by atoms with Crippen LogP contribution in [0.1, 0.15) is 34.6 Å². The lowest BCUT2D eigenvalue weighted by atomic mass is 10.1. The quantitative estimate of drug-likeness (QED) is 0.674. The summed E-state index contributed by atoms with van der Waals surface area (Å²) in [6, 6.07) is 0.430. The lowest BCUT2D eigenvalue weighted by Crippen LogP contribution is -2.25. The highest BCUT2D eigenvalue weighted by Crippen LogP contribution is 2.37. The summed E-state index contributed by atoms with van der Waals surface area (Å²) in [4.78, 5) is 2.37. The Morgan fingerprint density at radius 2 is 1.81 bits per heavy atom. The second kappa shape index (κ2) is 3.55. The molecule has 0 aromatic rings. The van der Waals surface area contributed by atoms with Crippen molar-refractivity contribution in [2.45, 2.75) is 40.7 Å². The fourth-order valence-electron chi connectivity index (χ4n) is 2.77. The van der Waals surface area contributed by atoms with Crippen molar-refractivity contribution in [1.82, 2.24) is 4.90 Å². The third-order valence-electron chi connectivity index (χ3n) is 3.50. The van der Waals surface area contributed by atoms with Crippen molar-refractivity contribution in [2.24, 2.45) is 5.73 Å². The first-order valence-electron chi connectivity index (χ1n) is 5.77. The molecule has 2 N–H and O–H groups in total. The van der Waals surface area contributed by atoms with Gasteiger partial charge in [-0.15, -0.1) is 0 Å². The SMILES string of the molecule is CC1=CC(C)N2C(C)=CC(C)=C(N)C(C)=C12. The zero-order valence-corrected chi connectivity index (χ0v) is 10.8. The van der Waals surface area contributed by atoms with E-state index in [9.17, 15) is 0 Å². The smallest absolute Gasteiger partial charge is 0.0497 e. The van der Waals surface area contributed by atoms with Crippen molar-refractivity contribution in [1.29, 1.82) is 0 Å². The standard InChI is InChI=1S/C14H20N2/c1-8-6-10(3)16-11(4)7-9(2)14(16)12(5)13(8)15/h6-7,11H,15H2,1-5H3. The fraction of sp³-hybridized carbons (Fsp3) is 0.429. The topological polar surface area (TPSA) is 29.3 Å². The lowest BCUT2D eigenvalue weighted by Gasteiger charge is -2.27. The molecular formula is C14H20N2. The Morgan fingerprint density at radius 1 is 1.19 bits per heavy atom. The molecule has 0 fully saturated rings. The minimum atomic E-state index is 0.430. The van der Waals surface area contributed by atoms with Gasteiger partial charge < -0.3 is 10.6 Å². The molecule has 0 spiro atoms. The third kappa shape index (κ3) is 1.41. The Hall–Kier alpha value is -1.44. The predicted octanol–water partition coefficient (Wildman–Crippen LogP) is 3.06. The van der Waals surface area contributed by atoms with Crippen LogP contribution in [0, 0.1) is 0 Å². The summed E-state index contributed by atoms with van der Waals surface area (Å²) in [7, 11) is 0. The molecule has 0 aliphatic carbocycles. The van der Waals surface area contributed by atoms with E-state index in [1.54, 1.807) is 0 Å². The fourth-order valence-corrected chi connectivity index (χ4v) is 2.77. The molecule has 0 aromatic carbocycles. The molecule has 2 heteroatoms. The highest BCUT2D eigenvalue weighted by Gasteiger charge is 2.28. The van der Waals surface area contributed by atoms with E-state index in [4.69, 9.17) is 5.73 Å². The van der Waals surface area contributed by atoms with Crippen LogP contribution in [0.25, 0.3) is 0 Å². The van der Waals surface area contributed by atoms with Gasteiger partial charge in [0, 0.05) is 23.1 Å².